The molecule has 0 spiro atoms. The number of amides is 1. The van der Waals surface area contributed by atoms with Gasteiger partial charge in [0.05, 0.1) is 5.69 Å². The van der Waals surface area contributed by atoms with Gasteiger partial charge in [-0.05, 0) is 37.0 Å². The Labute approximate surface area is 129 Å². The second kappa shape index (κ2) is 5.53. The third kappa shape index (κ3) is 3.10. The topological polar surface area (TPSA) is 46.9 Å². The van der Waals surface area contributed by atoms with Crippen LogP contribution in [0.5, 0.6) is 0 Å². The fourth-order valence-electron chi connectivity index (χ4n) is 2.70. The van der Waals surface area contributed by atoms with Gasteiger partial charge in [-0.25, -0.2) is 0 Å². The quantitative estimate of drug-likeness (QED) is 0.944. The number of halogens is 1. The van der Waals surface area contributed by atoms with E-state index < -0.39 is 0 Å². The lowest BCUT2D eigenvalue weighted by molar-refractivity contribution is -0.122. The predicted molar refractivity (Wildman–Crippen MR) is 82.1 cm³/mol. The Hall–Kier alpha value is -1.81. The van der Waals surface area contributed by atoms with Gasteiger partial charge in [-0.3, -0.25) is 9.48 Å². The number of nitrogens with zero attached hydrogens (tertiary/aromatic N) is 2. The largest absolute Gasteiger partial charge is 0.352 e. The minimum absolute atomic E-state index is 0.0863. The first-order chi connectivity index (χ1) is 10.0. The van der Waals surface area contributed by atoms with Crippen LogP contribution in [0.1, 0.15) is 29.2 Å². The number of hydrogen-bond donors (Lipinski definition) is 1. The molecule has 1 aliphatic rings. The summed E-state index contributed by atoms with van der Waals surface area (Å²) in [6.45, 7) is 2.50. The monoisotopic (exact) mass is 303 g/mol. The van der Waals surface area contributed by atoms with Crippen LogP contribution in [-0.4, -0.2) is 15.7 Å². The molecule has 110 valence electrons. The zero-order valence-corrected chi connectivity index (χ0v) is 12.9. The molecular weight excluding hydrogens is 286 g/mol. The van der Waals surface area contributed by atoms with Gasteiger partial charge in [-0.15, -0.1) is 0 Å². The summed E-state index contributed by atoms with van der Waals surface area (Å²) in [4.78, 5) is 12.2. The molecule has 21 heavy (non-hydrogen) atoms. The molecule has 0 bridgehead atoms. The minimum Gasteiger partial charge on any atom is -0.352 e. The van der Waals surface area contributed by atoms with Crippen molar-refractivity contribution in [2.24, 2.45) is 13.0 Å². The highest BCUT2D eigenvalue weighted by molar-refractivity contribution is 6.30. The number of aryl methyl sites for hydroxylation is 2. The molecular formula is C16H18ClN3O. The second-order valence-corrected chi connectivity index (χ2v) is 6.07. The lowest BCUT2D eigenvalue weighted by Gasteiger charge is -2.04. The van der Waals surface area contributed by atoms with Gasteiger partial charge in [0.1, 0.15) is 0 Å². The van der Waals surface area contributed by atoms with Crippen molar-refractivity contribution in [3.8, 4) is 0 Å². The Balaban J connectivity index is 1.56. The fraction of sp³-hybridized carbons (Fsp3) is 0.375. The van der Waals surface area contributed by atoms with Crippen LogP contribution in [0.4, 0.5) is 0 Å². The summed E-state index contributed by atoms with van der Waals surface area (Å²) in [5, 5.41) is 8.01. The molecule has 2 aromatic rings. The molecule has 2 atom stereocenters. The van der Waals surface area contributed by atoms with Crippen LogP contribution in [0, 0.1) is 12.8 Å². The van der Waals surface area contributed by atoms with Crippen LogP contribution < -0.4 is 5.32 Å². The molecule has 1 aromatic carbocycles. The molecule has 1 amide bonds. The molecule has 0 saturated heterocycles. The van der Waals surface area contributed by atoms with Gasteiger partial charge in [0.2, 0.25) is 5.91 Å². The molecule has 1 aromatic heterocycles. The lowest BCUT2D eigenvalue weighted by Crippen LogP contribution is -2.25. The van der Waals surface area contributed by atoms with E-state index in [1.54, 1.807) is 4.68 Å². The normalized spacial score (nSPS) is 20.3. The SMILES string of the molecule is Cc1nn(C)cc1CNC(=O)C1CC1c1ccc(Cl)cc1. The average molecular weight is 304 g/mol. The highest BCUT2D eigenvalue weighted by Gasteiger charge is 2.43. The van der Waals surface area contributed by atoms with E-state index in [1.165, 1.54) is 5.56 Å². The molecule has 1 heterocycles. The number of carbonyl (C=O) groups is 1. The smallest absolute Gasteiger partial charge is 0.224 e. The number of nitrogens with one attached hydrogen (secondary N) is 1. The van der Waals surface area contributed by atoms with Crippen LogP contribution in [0.25, 0.3) is 0 Å². The third-order valence-electron chi connectivity index (χ3n) is 3.99. The first-order valence-corrected chi connectivity index (χ1v) is 7.44. The molecule has 2 unspecified atom stereocenters. The Morgan fingerprint density at radius 2 is 2.14 bits per heavy atom. The molecule has 1 N–H and O–H groups in total. The van der Waals surface area contributed by atoms with Crippen molar-refractivity contribution in [1.29, 1.82) is 0 Å². The van der Waals surface area contributed by atoms with Crippen molar-refractivity contribution >= 4 is 17.5 Å². The van der Waals surface area contributed by atoms with Crippen LogP contribution in [0.3, 0.4) is 0 Å². The number of hydrogen-bond acceptors (Lipinski definition) is 2. The Bertz CT molecular complexity index is 663. The molecule has 1 aliphatic carbocycles. The number of aromatic nitrogens is 2. The zero-order chi connectivity index (χ0) is 15.0. The summed E-state index contributed by atoms with van der Waals surface area (Å²) >= 11 is 5.88. The number of rotatable bonds is 4. The summed E-state index contributed by atoms with van der Waals surface area (Å²) < 4.78 is 1.77. The summed E-state index contributed by atoms with van der Waals surface area (Å²) in [5.74, 6) is 0.540. The lowest BCUT2D eigenvalue weighted by atomic mass is 10.1. The molecule has 0 radical (unpaired) electrons. The predicted octanol–water partition coefficient (Wildman–Crippen LogP) is 2.80. The average Bonchev–Trinajstić information content (AvgIpc) is 3.17. The van der Waals surface area contributed by atoms with E-state index in [4.69, 9.17) is 11.6 Å². The maximum Gasteiger partial charge on any atom is 0.224 e. The second-order valence-electron chi connectivity index (χ2n) is 5.63. The van der Waals surface area contributed by atoms with E-state index in [1.807, 2.05) is 44.4 Å². The number of carbonyl (C=O) groups excluding carboxylic acids is 1. The molecule has 1 saturated carbocycles. The van der Waals surface area contributed by atoms with Gasteiger partial charge in [-0.1, -0.05) is 23.7 Å². The minimum atomic E-state index is 0.0863. The van der Waals surface area contributed by atoms with E-state index in [2.05, 4.69) is 10.4 Å². The summed E-state index contributed by atoms with van der Waals surface area (Å²) in [6.07, 6.45) is 2.86. The third-order valence-corrected chi connectivity index (χ3v) is 4.25. The van der Waals surface area contributed by atoms with Crippen LogP contribution in [0.15, 0.2) is 30.5 Å². The molecule has 3 rings (SSSR count). The summed E-state index contributed by atoms with van der Waals surface area (Å²) in [6, 6.07) is 7.77. The van der Waals surface area contributed by atoms with Gasteiger partial charge >= 0.3 is 0 Å². The van der Waals surface area contributed by atoms with Crippen molar-refractivity contribution in [1.82, 2.24) is 15.1 Å². The van der Waals surface area contributed by atoms with Crippen LogP contribution in [-0.2, 0) is 18.4 Å². The number of benzene rings is 1. The van der Waals surface area contributed by atoms with E-state index in [9.17, 15) is 4.79 Å². The van der Waals surface area contributed by atoms with Gasteiger partial charge in [-0.2, -0.15) is 5.10 Å². The zero-order valence-electron chi connectivity index (χ0n) is 12.1. The van der Waals surface area contributed by atoms with Crippen molar-refractivity contribution < 1.29 is 4.79 Å². The summed E-state index contributed by atoms with van der Waals surface area (Å²) in [5.41, 5.74) is 3.22. The highest BCUT2D eigenvalue weighted by atomic mass is 35.5. The molecule has 1 fully saturated rings. The first-order valence-electron chi connectivity index (χ1n) is 7.07. The maximum atomic E-state index is 12.2. The van der Waals surface area contributed by atoms with Crippen LogP contribution >= 0.6 is 11.6 Å². The van der Waals surface area contributed by atoms with Crippen molar-refractivity contribution in [2.75, 3.05) is 0 Å². The van der Waals surface area contributed by atoms with E-state index in [0.717, 1.165) is 22.7 Å². The van der Waals surface area contributed by atoms with Gasteiger partial charge in [0, 0.05) is 36.3 Å². The standard InChI is InChI=1S/C16H18ClN3O/c1-10-12(9-20(2)19-10)8-18-16(21)15-7-14(15)11-3-5-13(17)6-4-11/h3-6,9,14-15H,7-8H2,1-2H3,(H,18,21). The van der Waals surface area contributed by atoms with Crippen molar-refractivity contribution in [3.63, 3.8) is 0 Å². The van der Waals surface area contributed by atoms with Gasteiger partial charge < -0.3 is 5.32 Å². The van der Waals surface area contributed by atoms with Gasteiger partial charge in [0.15, 0.2) is 0 Å². The summed E-state index contributed by atoms with van der Waals surface area (Å²) in [7, 11) is 1.88. The van der Waals surface area contributed by atoms with Gasteiger partial charge in [0.25, 0.3) is 0 Å². The fourth-order valence-corrected chi connectivity index (χ4v) is 2.82. The van der Waals surface area contributed by atoms with E-state index >= 15 is 0 Å². The first kappa shape index (κ1) is 14.1. The Kier molecular flexibility index (Phi) is 3.72. The molecule has 4 nitrogen and oxygen atoms in total. The van der Waals surface area contributed by atoms with Crippen molar-refractivity contribution in [2.45, 2.75) is 25.8 Å². The van der Waals surface area contributed by atoms with Crippen LogP contribution in [0.2, 0.25) is 5.02 Å². The van der Waals surface area contributed by atoms with E-state index in [0.29, 0.717) is 12.5 Å². The van der Waals surface area contributed by atoms with E-state index in [-0.39, 0.29) is 11.8 Å². The highest BCUT2D eigenvalue weighted by Crippen LogP contribution is 2.47. The Morgan fingerprint density at radius 1 is 1.43 bits per heavy atom. The molecule has 5 heteroatoms. The van der Waals surface area contributed by atoms with Crippen molar-refractivity contribution in [3.05, 3.63) is 52.3 Å². The maximum absolute atomic E-state index is 12.2. The Morgan fingerprint density at radius 3 is 2.76 bits per heavy atom. The molecule has 0 aliphatic heterocycles.